The van der Waals surface area contributed by atoms with Crippen LogP contribution < -0.4 is 16.6 Å². The molecule has 4 rings (SSSR count). The Balaban J connectivity index is 1.72. The lowest BCUT2D eigenvalue weighted by Gasteiger charge is -2.17. The van der Waals surface area contributed by atoms with Gasteiger partial charge in [0.1, 0.15) is 0 Å². The Morgan fingerprint density at radius 2 is 1.77 bits per heavy atom. The van der Waals surface area contributed by atoms with Gasteiger partial charge in [0.2, 0.25) is 0 Å². The number of fused-ring (bicyclic) bond motifs is 2. The molecule has 3 N–H and O–H groups in total. The minimum atomic E-state index is -0.675. The number of unbranched alkanes of at least 4 members (excludes halogenated alkanes) is 3. The number of benzene rings is 2. The molecule has 0 radical (unpaired) electrons. The van der Waals surface area contributed by atoms with E-state index in [1.54, 1.807) is 0 Å². The van der Waals surface area contributed by atoms with E-state index in [0.29, 0.717) is 24.4 Å². The van der Waals surface area contributed by atoms with Gasteiger partial charge >= 0.3 is 5.69 Å². The van der Waals surface area contributed by atoms with E-state index in [1.807, 2.05) is 41.0 Å². The first-order valence-corrected chi connectivity index (χ1v) is 10.5. The van der Waals surface area contributed by atoms with Crippen LogP contribution in [-0.4, -0.2) is 31.2 Å². The number of hydrogen-bond acceptors (Lipinski definition) is 6. The van der Waals surface area contributed by atoms with Gasteiger partial charge in [-0.05, 0) is 36.6 Å². The van der Waals surface area contributed by atoms with Crippen molar-refractivity contribution in [3.8, 4) is 11.5 Å². The summed E-state index contributed by atoms with van der Waals surface area (Å²) in [5.41, 5.74) is 2.51. The van der Waals surface area contributed by atoms with Crippen molar-refractivity contribution in [2.75, 3.05) is 11.9 Å². The fourth-order valence-electron chi connectivity index (χ4n) is 3.66. The van der Waals surface area contributed by atoms with Gasteiger partial charge in [-0.2, -0.15) is 4.98 Å². The molecule has 2 aliphatic heterocycles. The SMILES string of the molecule is O=c1nc2n(CCCCCCO)c3cc(NCc4ccccc4)ccc3nc-2c(=O)[nH]1. The summed E-state index contributed by atoms with van der Waals surface area (Å²) in [6, 6.07) is 15.9. The van der Waals surface area contributed by atoms with E-state index >= 15 is 0 Å². The highest BCUT2D eigenvalue weighted by molar-refractivity contribution is 5.82. The van der Waals surface area contributed by atoms with Crippen LogP contribution in [0.3, 0.4) is 0 Å². The molecule has 8 nitrogen and oxygen atoms in total. The van der Waals surface area contributed by atoms with Crippen LogP contribution in [0.15, 0.2) is 58.1 Å². The highest BCUT2D eigenvalue weighted by atomic mass is 16.3. The molecule has 0 unspecified atom stereocenters. The monoisotopic (exact) mass is 419 g/mol. The molecule has 0 fully saturated rings. The third-order valence-electron chi connectivity index (χ3n) is 5.24. The molecular weight excluding hydrogens is 394 g/mol. The van der Waals surface area contributed by atoms with Gasteiger partial charge in [0.25, 0.3) is 5.56 Å². The van der Waals surface area contributed by atoms with Crippen LogP contribution in [-0.2, 0) is 13.1 Å². The summed E-state index contributed by atoms with van der Waals surface area (Å²) in [7, 11) is 0. The van der Waals surface area contributed by atoms with Gasteiger partial charge in [-0.1, -0.05) is 43.2 Å². The zero-order chi connectivity index (χ0) is 21.6. The maximum absolute atomic E-state index is 12.3. The Morgan fingerprint density at radius 1 is 0.968 bits per heavy atom. The first-order valence-electron chi connectivity index (χ1n) is 10.5. The summed E-state index contributed by atoms with van der Waals surface area (Å²) >= 11 is 0. The standard InChI is InChI=1S/C23H25N5O3/c29-13-7-2-1-6-12-28-19-14-17(24-15-16-8-4-3-5-9-16)10-11-18(19)25-20-21(28)26-23(31)27-22(20)30/h3-5,8-11,14,24,29H,1-2,6-7,12-13,15H2,(H,27,30,31). The Hall–Kier alpha value is -3.52. The van der Waals surface area contributed by atoms with Gasteiger partial charge in [0, 0.05) is 25.4 Å². The first kappa shape index (κ1) is 20.7. The van der Waals surface area contributed by atoms with E-state index in [4.69, 9.17) is 5.11 Å². The van der Waals surface area contributed by atoms with Crippen molar-refractivity contribution < 1.29 is 5.11 Å². The number of anilines is 1. The third kappa shape index (κ3) is 4.80. The highest BCUT2D eigenvalue weighted by Crippen LogP contribution is 2.24. The number of aliphatic hydroxyl groups excluding tert-OH is 1. The van der Waals surface area contributed by atoms with Gasteiger partial charge < -0.3 is 15.0 Å². The van der Waals surface area contributed by atoms with Crippen LogP contribution in [0.4, 0.5) is 5.69 Å². The molecule has 0 bridgehead atoms. The Labute approximate surface area is 179 Å². The van der Waals surface area contributed by atoms with Gasteiger partial charge in [-0.25, -0.2) is 9.78 Å². The van der Waals surface area contributed by atoms with Crippen molar-refractivity contribution in [2.45, 2.75) is 38.8 Å². The molecule has 0 saturated carbocycles. The average Bonchev–Trinajstić information content (AvgIpc) is 2.78. The molecular formula is C23H25N5O3. The van der Waals surface area contributed by atoms with Crippen molar-refractivity contribution >= 4 is 16.7 Å². The van der Waals surface area contributed by atoms with Crippen molar-refractivity contribution in [2.24, 2.45) is 0 Å². The maximum atomic E-state index is 12.3. The zero-order valence-corrected chi connectivity index (χ0v) is 17.2. The van der Waals surface area contributed by atoms with E-state index in [-0.39, 0.29) is 12.3 Å². The summed E-state index contributed by atoms with van der Waals surface area (Å²) in [4.78, 5) is 34.9. The van der Waals surface area contributed by atoms with Crippen molar-refractivity contribution in [1.82, 2.24) is 19.5 Å². The number of nitrogens with one attached hydrogen (secondary N) is 2. The normalized spacial score (nSPS) is 11.3. The number of rotatable bonds is 9. The Kier molecular flexibility index (Phi) is 6.37. The molecule has 0 atom stereocenters. The fraction of sp³-hybridized carbons (Fsp3) is 0.304. The largest absolute Gasteiger partial charge is 0.396 e. The summed E-state index contributed by atoms with van der Waals surface area (Å²) in [6.07, 6.45) is 3.45. The van der Waals surface area contributed by atoms with Crippen LogP contribution in [0.1, 0.15) is 31.2 Å². The van der Waals surface area contributed by atoms with E-state index in [9.17, 15) is 9.59 Å². The quantitative estimate of drug-likeness (QED) is 0.284. The summed E-state index contributed by atoms with van der Waals surface area (Å²) in [5.74, 6) is 0.295. The van der Waals surface area contributed by atoms with Gasteiger partial charge in [-0.15, -0.1) is 0 Å². The second-order valence-electron chi connectivity index (χ2n) is 7.49. The number of aliphatic hydroxyl groups is 1. The second kappa shape index (κ2) is 9.53. The van der Waals surface area contributed by atoms with E-state index in [0.717, 1.165) is 36.9 Å². The topological polar surface area (TPSA) is 113 Å². The smallest absolute Gasteiger partial charge is 0.349 e. The third-order valence-corrected chi connectivity index (χ3v) is 5.24. The van der Waals surface area contributed by atoms with Crippen molar-refractivity contribution in [3.63, 3.8) is 0 Å². The highest BCUT2D eigenvalue weighted by Gasteiger charge is 2.18. The minimum Gasteiger partial charge on any atom is -0.396 e. The minimum absolute atomic E-state index is 0.160. The van der Waals surface area contributed by atoms with E-state index in [1.165, 1.54) is 5.56 Å². The summed E-state index contributed by atoms with van der Waals surface area (Å²) in [6.45, 7) is 1.46. The summed E-state index contributed by atoms with van der Waals surface area (Å²) < 4.78 is 1.90. The van der Waals surface area contributed by atoms with Crippen LogP contribution in [0.2, 0.25) is 0 Å². The van der Waals surface area contributed by atoms with E-state index < -0.39 is 11.2 Å². The molecule has 2 heterocycles. The number of hydrogen-bond donors (Lipinski definition) is 3. The molecule has 2 aromatic rings. The van der Waals surface area contributed by atoms with Crippen LogP contribution in [0.25, 0.3) is 22.6 Å². The molecule has 2 aliphatic rings. The van der Waals surface area contributed by atoms with E-state index in [2.05, 4.69) is 32.4 Å². The zero-order valence-electron chi connectivity index (χ0n) is 17.2. The number of nitrogens with zero attached hydrogens (tertiary/aromatic N) is 3. The Morgan fingerprint density at radius 3 is 2.58 bits per heavy atom. The molecule has 0 aliphatic carbocycles. The predicted octanol–water partition coefficient (Wildman–Crippen LogP) is 2.75. The molecule has 0 spiro atoms. The number of aryl methyl sites for hydroxylation is 1. The fourth-order valence-corrected chi connectivity index (χ4v) is 3.66. The van der Waals surface area contributed by atoms with Crippen LogP contribution in [0.5, 0.6) is 0 Å². The van der Waals surface area contributed by atoms with Gasteiger partial charge in [-0.3, -0.25) is 9.78 Å². The predicted molar refractivity (Wildman–Crippen MR) is 120 cm³/mol. The average molecular weight is 419 g/mol. The van der Waals surface area contributed by atoms with Gasteiger partial charge in [0.15, 0.2) is 11.5 Å². The molecule has 31 heavy (non-hydrogen) atoms. The lowest BCUT2D eigenvalue weighted by Crippen LogP contribution is -2.29. The number of aromatic nitrogens is 4. The lowest BCUT2D eigenvalue weighted by atomic mass is 10.1. The van der Waals surface area contributed by atoms with Crippen LogP contribution in [0, 0.1) is 0 Å². The number of H-pyrrole nitrogens is 1. The molecule has 0 amide bonds. The van der Waals surface area contributed by atoms with Gasteiger partial charge in [0.05, 0.1) is 11.0 Å². The molecule has 160 valence electrons. The molecule has 8 heteroatoms. The Bertz CT molecular complexity index is 1250. The molecule has 2 aromatic carbocycles. The molecule has 0 saturated heterocycles. The van der Waals surface area contributed by atoms with Crippen molar-refractivity contribution in [1.29, 1.82) is 0 Å². The van der Waals surface area contributed by atoms with Crippen molar-refractivity contribution in [3.05, 3.63) is 74.9 Å². The maximum Gasteiger partial charge on any atom is 0.349 e. The number of aromatic amines is 1. The first-order chi connectivity index (χ1) is 15.2. The summed E-state index contributed by atoms with van der Waals surface area (Å²) in [5, 5.41) is 12.4. The lowest BCUT2D eigenvalue weighted by molar-refractivity contribution is 0.282. The molecule has 0 aromatic heterocycles. The second-order valence-corrected chi connectivity index (χ2v) is 7.49. The van der Waals surface area contributed by atoms with Crippen LogP contribution >= 0.6 is 0 Å².